The number of hydrogen-bond donors (Lipinski definition) is 1. The van der Waals surface area contributed by atoms with E-state index < -0.39 is 0 Å². The predicted molar refractivity (Wildman–Crippen MR) is 106 cm³/mol. The monoisotopic (exact) mass is 376 g/mol. The molecule has 0 unspecified atom stereocenters. The van der Waals surface area contributed by atoms with Crippen LogP contribution in [0.25, 0.3) is 22.9 Å². The summed E-state index contributed by atoms with van der Waals surface area (Å²) < 4.78 is 5.42. The number of carbonyl (C=O) groups is 1. The summed E-state index contributed by atoms with van der Waals surface area (Å²) in [6, 6.07) is 13.1. The van der Waals surface area contributed by atoms with Crippen LogP contribution in [0.5, 0.6) is 0 Å². The largest absolute Gasteiger partial charge is 0.378 e. The molecule has 1 N–H and O–H groups in total. The Labute approximate surface area is 162 Å². The molecule has 3 aromatic heterocycles. The summed E-state index contributed by atoms with van der Waals surface area (Å²) in [5, 5.41) is 2.73. The predicted octanol–water partition coefficient (Wildman–Crippen LogP) is 2.40. The van der Waals surface area contributed by atoms with Crippen molar-refractivity contribution in [2.24, 2.45) is 0 Å². The van der Waals surface area contributed by atoms with Crippen molar-refractivity contribution in [3.63, 3.8) is 0 Å². The molecular formula is C20H20N6O2. The molecule has 1 aliphatic heterocycles. The maximum Gasteiger partial charge on any atom is 0.222 e. The molecule has 0 aromatic carbocycles. The van der Waals surface area contributed by atoms with Gasteiger partial charge in [-0.25, -0.2) is 15.0 Å². The highest BCUT2D eigenvalue weighted by molar-refractivity contribution is 5.88. The molecule has 142 valence electrons. The Morgan fingerprint density at radius 1 is 1.00 bits per heavy atom. The average molecular weight is 376 g/mol. The first kappa shape index (κ1) is 18.0. The summed E-state index contributed by atoms with van der Waals surface area (Å²) in [6.07, 6.45) is 1.68. The van der Waals surface area contributed by atoms with E-state index >= 15 is 0 Å². The van der Waals surface area contributed by atoms with Crippen LogP contribution in [0, 0.1) is 0 Å². The number of anilines is 2. The number of nitrogens with one attached hydrogen (secondary N) is 1. The highest BCUT2D eigenvalue weighted by Gasteiger charge is 2.15. The van der Waals surface area contributed by atoms with Gasteiger partial charge in [-0.05, 0) is 24.3 Å². The van der Waals surface area contributed by atoms with Crippen LogP contribution in [0.2, 0.25) is 0 Å². The standard InChI is InChI=1S/C20H20N6O2/c1-14(27)22-18-13-17(24-20(25-18)16-5-2-3-8-21-16)15-6-4-7-19(23-15)26-9-11-28-12-10-26/h2-8,13H,9-12H2,1H3,(H,22,24,25,27). The molecule has 0 atom stereocenters. The van der Waals surface area contributed by atoms with Crippen molar-refractivity contribution in [3.05, 3.63) is 48.7 Å². The number of pyridine rings is 2. The molecule has 0 saturated carbocycles. The van der Waals surface area contributed by atoms with Gasteiger partial charge in [-0.15, -0.1) is 0 Å². The molecule has 0 spiro atoms. The first-order valence-electron chi connectivity index (χ1n) is 9.07. The van der Waals surface area contributed by atoms with E-state index in [1.54, 1.807) is 12.3 Å². The highest BCUT2D eigenvalue weighted by Crippen LogP contribution is 2.24. The van der Waals surface area contributed by atoms with Crippen LogP contribution in [-0.4, -0.2) is 52.1 Å². The van der Waals surface area contributed by atoms with Gasteiger partial charge in [-0.1, -0.05) is 12.1 Å². The van der Waals surface area contributed by atoms with Crippen molar-refractivity contribution in [1.29, 1.82) is 0 Å². The van der Waals surface area contributed by atoms with E-state index in [9.17, 15) is 4.79 Å². The molecule has 1 aliphatic rings. The van der Waals surface area contributed by atoms with Crippen molar-refractivity contribution in [1.82, 2.24) is 19.9 Å². The molecule has 1 saturated heterocycles. The van der Waals surface area contributed by atoms with Crippen LogP contribution < -0.4 is 10.2 Å². The fourth-order valence-corrected chi connectivity index (χ4v) is 2.97. The number of aromatic nitrogens is 4. The van der Waals surface area contributed by atoms with Gasteiger partial charge < -0.3 is 15.0 Å². The second kappa shape index (κ2) is 8.10. The quantitative estimate of drug-likeness (QED) is 0.747. The molecule has 0 bridgehead atoms. The summed E-state index contributed by atoms with van der Waals surface area (Å²) >= 11 is 0. The minimum atomic E-state index is -0.202. The second-order valence-electron chi connectivity index (χ2n) is 6.34. The number of hydrogen-bond acceptors (Lipinski definition) is 7. The summed E-state index contributed by atoms with van der Waals surface area (Å²) in [5.41, 5.74) is 1.95. The number of nitrogens with zero attached hydrogens (tertiary/aromatic N) is 5. The Morgan fingerprint density at radius 2 is 1.82 bits per heavy atom. The topological polar surface area (TPSA) is 93.1 Å². The van der Waals surface area contributed by atoms with E-state index in [-0.39, 0.29) is 5.91 Å². The summed E-state index contributed by atoms with van der Waals surface area (Å²) in [6.45, 7) is 4.43. The lowest BCUT2D eigenvalue weighted by Gasteiger charge is -2.28. The minimum absolute atomic E-state index is 0.202. The zero-order valence-corrected chi connectivity index (χ0v) is 15.5. The van der Waals surface area contributed by atoms with Crippen LogP contribution in [0.1, 0.15) is 6.92 Å². The van der Waals surface area contributed by atoms with Crippen molar-refractivity contribution in [2.75, 3.05) is 36.5 Å². The Balaban J connectivity index is 1.75. The number of ether oxygens (including phenoxy) is 1. The summed E-state index contributed by atoms with van der Waals surface area (Å²) in [7, 11) is 0. The Hall–Kier alpha value is -3.39. The van der Waals surface area contributed by atoms with Gasteiger partial charge in [0.05, 0.1) is 24.6 Å². The van der Waals surface area contributed by atoms with Gasteiger partial charge in [0.1, 0.15) is 17.3 Å². The van der Waals surface area contributed by atoms with Crippen LogP contribution in [0.15, 0.2) is 48.7 Å². The van der Waals surface area contributed by atoms with Gasteiger partial charge in [0.2, 0.25) is 5.91 Å². The van der Waals surface area contributed by atoms with Gasteiger partial charge in [-0.2, -0.15) is 0 Å². The van der Waals surface area contributed by atoms with Gasteiger partial charge in [-0.3, -0.25) is 9.78 Å². The lowest BCUT2D eigenvalue weighted by atomic mass is 10.2. The molecule has 4 rings (SSSR count). The maximum absolute atomic E-state index is 11.5. The number of amides is 1. The Morgan fingerprint density at radius 3 is 2.57 bits per heavy atom. The SMILES string of the molecule is CC(=O)Nc1cc(-c2cccc(N3CCOCC3)n2)nc(-c2ccccn2)n1. The first-order valence-corrected chi connectivity index (χ1v) is 9.07. The molecule has 4 heterocycles. The third-order valence-electron chi connectivity index (χ3n) is 4.26. The fourth-order valence-electron chi connectivity index (χ4n) is 2.97. The van der Waals surface area contributed by atoms with Crippen LogP contribution >= 0.6 is 0 Å². The van der Waals surface area contributed by atoms with Crippen molar-refractivity contribution >= 4 is 17.5 Å². The van der Waals surface area contributed by atoms with Gasteiger partial charge in [0.15, 0.2) is 5.82 Å². The van der Waals surface area contributed by atoms with E-state index in [1.807, 2.05) is 36.4 Å². The zero-order valence-electron chi connectivity index (χ0n) is 15.5. The molecule has 28 heavy (non-hydrogen) atoms. The van der Waals surface area contributed by atoms with Crippen LogP contribution in [0.3, 0.4) is 0 Å². The highest BCUT2D eigenvalue weighted by atomic mass is 16.5. The molecular weight excluding hydrogens is 356 g/mol. The van der Waals surface area contributed by atoms with Gasteiger partial charge >= 0.3 is 0 Å². The third-order valence-corrected chi connectivity index (χ3v) is 4.26. The van der Waals surface area contributed by atoms with E-state index in [1.165, 1.54) is 6.92 Å². The van der Waals surface area contributed by atoms with Gasteiger partial charge in [0, 0.05) is 32.3 Å². The molecule has 3 aromatic rings. The number of carbonyl (C=O) groups excluding carboxylic acids is 1. The zero-order chi connectivity index (χ0) is 19.3. The number of morpholine rings is 1. The molecule has 8 heteroatoms. The van der Waals surface area contributed by atoms with E-state index in [0.29, 0.717) is 41.9 Å². The molecule has 0 radical (unpaired) electrons. The van der Waals surface area contributed by atoms with E-state index in [4.69, 9.17) is 9.72 Å². The molecule has 1 fully saturated rings. The average Bonchev–Trinajstić information content (AvgIpc) is 2.74. The minimum Gasteiger partial charge on any atom is -0.378 e. The fraction of sp³-hybridized carbons (Fsp3) is 0.250. The van der Waals surface area contributed by atoms with Crippen LogP contribution in [0.4, 0.5) is 11.6 Å². The lowest BCUT2D eigenvalue weighted by molar-refractivity contribution is -0.114. The third kappa shape index (κ3) is 4.12. The first-order chi connectivity index (χ1) is 13.7. The smallest absolute Gasteiger partial charge is 0.222 e. The normalized spacial score (nSPS) is 14.0. The van der Waals surface area contributed by atoms with Crippen molar-refractivity contribution in [2.45, 2.75) is 6.92 Å². The van der Waals surface area contributed by atoms with E-state index in [2.05, 4.69) is 25.2 Å². The second-order valence-corrected chi connectivity index (χ2v) is 6.34. The van der Waals surface area contributed by atoms with Crippen LogP contribution in [-0.2, 0) is 9.53 Å². The lowest BCUT2D eigenvalue weighted by Crippen LogP contribution is -2.36. The molecule has 8 nitrogen and oxygen atoms in total. The van der Waals surface area contributed by atoms with Gasteiger partial charge in [0.25, 0.3) is 0 Å². The summed E-state index contributed by atoms with van der Waals surface area (Å²) in [5.74, 6) is 1.52. The molecule has 1 amide bonds. The van der Waals surface area contributed by atoms with Crippen molar-refractivity contribution in [3.8, 4) is 22.9 Å². The Bertz CT molecular complexity index is 973. The van der Waals surface area contributed by atoms with E-state index in [0.717, 1.165) is 18.9 Å². The number of rotatable bonds is 4. The Kier molecular flexibility index (Phi) is 5.20. The molecule has 0 aliphatic carbocycles. The summed E-state index contributed by atoms with van der Waals surface area (Å²) in [4.78, 5) is 31.9. The van der Waals surface area contributed by atoms with Crippen molar-refractivity contribution < 1.29 is 9.53 Å². The maximum atomic E-state index is 11.5.